The van der Waals surface area contributed by atoms with Gasteiger partial charge < -0.3 is 5.32 Å². The van der Waals surface area contributed by atoms with E-state index in [1.807, 2.05) is 0 Å². The summed E-state index contributed by atoms with van der Waals surface area (Å²) in [6.07, 6.45) is 1.24. The number of hydrogen-bond donors (Lipinski definition) is 1. The van der Waals surface area contributed by atoms with Crippen LogP contribution in [0.5, 0.6) is 0 Å². The quantitative estimate of drug-likeness (QED) is 0.861. The standard InChI is InChI=1S/C13H24N4/c1-4-17-13(9-11(2)15-17)10-16-8-7-14-6-5-12(16)3/h9,12,14H,4-8,10H2,1-3H3. The molecule has 17 heavy (non-hydrogen) atoms. The predicted molar refractivity (Wildman–Crippen MR) is 70.0 cm³/mol. The van der Waals surface area contributed by atoms with Crippen LogP contribution in [-0.4, -0.2) is 40.4 Å². The number of rotatable bonds is 3. The van der Waals surface area contributed by atoms with E-state index in [2.05, 4.69) is 46.8 Å². The fourth-order valence-corrected chi connectivity index (χ4v) is 2.50. The van der Waals surface area contributed by atoms with Gasteiger partial charge in [0.15, 0.2) is 0 Å². The minimum Gasteiger partial charge on any atom is -0.315 e. The van der Waals surface area contributed by atoms with Crippen molar-refractivity contribution < 1.29 is 0 Å². The monoisotopic (exact) mass is 236 g/mol. The molecular weight excluding hydrogens is 212 g/mol. The van der Waals surface area contributed by atoms with E-state index < -0.39 is 0 Å². The zero-order chi connectivity index (χ0) is 12.3. The van der Waals surface area contributed by atoms with Gasteiger partial charge in [-0.2, -0.15) is 5.10 Å². The van der Waals surface area contributed by atoms with Crippen LogP contribution in [0.25, 0.3) is 0 Å². The van der Waals surface area contributed by atoms with Gasteiger partial charge in [0.2, 0.25) is 0 Å². The van der Waals surface area contributed by atoms with Crippen LogP contribution >= 0.6 is 0 Å². The Morgan fingerprint density at radius 1 is 1.47 bits per heavy atom. The maximum atomic E-state index is 4.52. The van der Waals surface area contributed by atoms with Gasteiger partial charge in [-0.1, -0.05) is 0 Å². The molecule has 1 aromatic rings. The molecule has 4 heteroatoms. The maximum absolute atomic E-state index is 4.52. The van der Waals surface area contributed by atoms with Gasteiger partial charge in [-0.15, -0.1) is 0 Å². The molecular formula is C13H24N4. The summed E-state index contributed by atoms with van der Waals surface area (Å²) in [5, 5.41) is 7.98. The lowest BCUT2D eigenvalue weighted by molar-refractivity contribution is 0.205. The van der Waals surface area contributed by atoms with Crippen LogP contribution in [0.1, 0.15) is 31.7 Å². The molecule has 0 aromatic carbocycles. The highest BCUT2D eigenvalue weighted by molar-refractivity contribution is 5.09. The van der Waals surface area contributed by atoms with Gasteiger partial charge in [-0.25, -0.2) is 0 Å². The molecule has 1 atom stereocenters. The molecule has 0 aliphatic carbocycles. The van der Waals surface area contributed by atoms with Gasteiger partial charge in [-0.05, 0) is 39.8 Å². The highest BCUT2D eigenvalue weighted by atomic mass is 15.3. The fourth-order valence-electron chi connectivity index (χ4n) is 2.50. The van der Waals surface area contributed by atoms with Gasteiger partial charge in [0, 0.05) is 32.2 Å². The lowest BCUT2D eigenvalue weighted by atomic mass is 10.2. The Bertz CT molecular complexity index is 358. The molecule has 96 valence electrons. The SMILES string of the molecule is CCn1nc(C)cc1CN1CCNCCC1C. The highest BCUT2D eigenvalue weighted by Gasteiger charge is 2.18. The van der Waals surface area contributed by atoms with Gasteiger partial charge in [-0.3, -0.25) is 9.58 Å². The molecule has 1 aliphatic rings. The number of hydrogen-bond acceptors (Lipinski definition) is 3. The molecule has 2 rings (SSSR count). The molecule has 2 heterocycles. The maximum Gasteiger partial charge on any atom is 0.0597 e. The van der Waals surface area contributed by atoms with E-state index in [1.165, 1.54) is 12.1 Å². The van der Waals surface area contributed by atoms with E-state index in [9.17, 15) is 0 Å². The van der Waals surface area contributed by atoms with Crippen LogP contribution < -0.4 is 5.32 Å². The van der Waals surface area contributed by atoms with Gasteiger partial charge in [0.1, 0.15) is 0 Å². The summed E-state index contributed by atoms with van der Waals surface area (Å²) in [7, 11) is 0. The summed E-state index contributed by atoms with van der Waals surface area (Å²) < 4.78 is 2.13. The molecule has 0 radical (unpaired) electrons. The van der Waals surface area contributed by atoms with E-state index in [1.54, 1.807) is 0 Å². The highest BCUT2D eigenvalue weighted by Crippen LogP contribution is 2.13. The summed E-state index contributed by atoms with van der Waals surface area (Å²) >= 11 is 0. The van der Waals surface area contributed by atoms with Crippen molar-refractivity contribution in [3.63, 3.8) is 0 Å². The molecule has 1 aliphatic heterocycles. The Balaban J connectivity index is 2.07. The third-order valence-electron chi connectivity index (χ3n) is 3.59. The fraction of sp³-hybridized carbons (Fsp3) is 0.769. The van der Waals surface area contributed by atoms with Crippen molar-refractivity contribution in [3.05, 3.63) is 17.5 Å². The average molecular weight is 236 g/mol. The Hall–Kier alpha value is -0.870. The van der Waals surface area contributed by atoms with Crippen molar-refractivity contribution in [2.45, 2.75) is 46.3 Å². The summed E-state index contributed by atoms with van der Waals surface area (Å²) in [4.78, 5) is 2.56. The minimum absolute atomic E-state index is 0.658. The van der Waals surface area contributed by atoms with Crippen LogP contribution in [0.3, 0.4) is 0 Å². The second-order valence-electron chi connectivity index (χ2n) is 4.95. The molecule has 0 saturated carbocycles. The third-order valence-corrected chi connectivity index (χ3v) is 3.59. The van der Waals surface area contributed by atoms with Gasteiger partial charge in [0.05, 0.1) is 11.4 Å². The Morgan fingerprint density at radius 2 is 2.29 bits per heavy atom. The first-order chi connectivity index (χ1) is 8.20. The van der Waals surface area contributed by atoms with Gasteiger partial charge in [0.25, 0.3) is 0 Å². The molecule has 1 unspecified atom stereocenters. The zero-order valence-corrected chi connectivity index (χ0v) is 11.2. The summed E-state index contributed by atoms with van der Waals surface area (Å²) in [5.74, 6) is 0. The molecule has 4 nitrogen and oxygen atoms in total. The Kier molecular flexibility index (Phi) is 4.18. The van der Waals surface area contributed by atoms with Crippen LogP contribution in [0.2, 0.25) is 0 Å². The summed E-state index contributed by atoms with van der Waals surface area (Å²) in [5.41, 5.74) is 2.47. The van der Waals surface area contributed by atoms with Crippen LogP contribution in [0, 0.1) is 6.92 Å². The molecule has 0 amide bonds. The smallest absolute Gasteiger partial charge is 0.0597 e. The second kappa shape index (κ2) is 5.65. The third kappa shape index (κ3) is 3.07. The van der Waals surface area contributed by atoms with Crippen LogP contribution in [0.15, 0.2) is 6.07 Å². The van der Waals surface area contributed by atoms with E-state index >= 15 is 0 Å². The van der Waals surface area contributed by atoms with Crippen LogP contribution in [-0.2, 0) is 13.1 Å². The first-order valence-electron chi connectivity index (χ1n) is 6.68. The van der Waals surface area contributed by atoms with E-state index in [0.29, 0.717) is 6.04 Å². The number of nitrogens with zero attached hydrogens (tertiary/aromatic N) is 3. The van der Waals surface area contributed by atoms with Crippen molar-refractivity contribution in [1.82, 2.24) is 20.0 Å². The second-order valence-corrected chi connectivity index (χ2v) is 4.95. The van der Waals surface area contributed by atoms with Crippen molar-refractivity contribution in [1.29, 1.82) is 0 Å². The summed E-state index contributed by atoms with van der Waals surface area (Å²) in [6.45, 7) is 11.9. The largest absolute Gasteiger partial charge is 0.315 e. The number of aromatic nitrogens is 2. The Morgan fingerprint density at radius 3 is 3.06 bits per heavy atom. The topological polar surface area (TPSA) is 33.1 Å². The van der Waals surface area contributed by atoms with Crippen LogP contribution in [0.4, 0.5) is 0 Å². The molecule has 0 bridgehead atoms. The molecule has 1 saturated heterocycles. The van der Waals surface area contributed by atoms with Crippen molar-refractivity contribution in [3.8, 4) is 0 Å². The first kappa shape index (κ1) is 12.6. The van der Waals surface area contributed by atoms with Crippen molar-refractivity contribution in [2.75, 3.05) is 19.6 Å². The molecule has 1 aromatic heterocycles. The van der Waals surface area contributed by atoms with E-state index in [4.69, 9.17) is 0 Å². The Labute approximate surface area is 104 Å². The number of nitrogens with one attached hydrogen (secondary N) is 1. The van der Waals surface area contributed by atoms with Crippen molar-refractivity contribution >= 4 is 0 Å². The predicted octanol–water partition coefficient (Wildman–Crippen LogP) is 1.40. The first-order valence-corrected chi connectivity index (χ1v) is 6.68. The van der Waals surface area contributed by atoms with E-state index in [0.717, 1.165) is 38.4 Å². The lowest BCUT2D eigenvalue weighted by Crippen LogP contribution is -2.34. The van der Waals surface area contributed by atoms with Crippen molar-refractivity contribution in [2.24, 2.45) is 0 Å². The lowest BCUT2D eigenvalue weighted by Gasteiger charge is -2.26. The molecule has 1 fully saturated rings. The molecule has 0 spiro atoms. The zero-order valence-electron chi connectivity index (χ0n) is 11.2. The molecule has 1 N–H and O–H groups in total. The minimum atomic E-state index is 0.658. The summed E-state index contributed by atoms with van der Waals surface area (Å²) in [6, 6.07) is 2.87. The number of aryl methyl sites for hydroxylation is 2. The van der Waals surface area contributed by atoms with E-state index in [-0.39, 0.29) is 0 Å². The average Bonchev–Trinajstić information content (AvgIpc) is 2.54. The normalized spacial score (nSPS) is 22.6. The van der Waals surface area contributed by atoms with Gasteiger partial charge >= 0.3 is 0 Å².